The van der Waals surface area contributed by atoms with Crippen LogP contribution < -0.4 is 5.32 Å². The SMILES string of the molecule is O=C(CCSc1nnc(-c2cccs2)n1Cc1ccccc1)NC1CCCCC1. The molecule has 29 heavy (non-hydrogen) atoms. The molecule has 0 atom stereocenters. The van der Waals surface area contributed by atoms with E-state index in [9.17, 15) is 4.79 Å². The Kier molecular flexibility index (Phi) is 7.00. The van der Waals surface area contributed by atoms with E-state index in [4.69, 9.17) is 0 Å². The van der Waals surface area contributed by atoms with Crippen LogP contribution >= 0.6 is 23.1 Å². The maximum absolute atomic E-state index is 12.3. The quantitative estimate of drug-likeness (QED) is 0.516. The molecular weight excluding hydrogens is 400 g/mol. The van der Waals surface area contributed by atoms with Crippen LogP contribution in [0.1, 0.15) is 44.1 Å². The lowest BCUT2D eigenvalue weighted by Crippen LogP contribution is -2.36. The summed E-state index contributed by atoms with van der Waals surface area (Å²) in [6.45, 7) is 0.720. The number of benzene rings is 1. The van der Waals surface area contributed by atoms with Gasteiger partial charge in [0.2, 0.25) is 5.91 Å². The van der Waals surface area contributed by atoms with Crippen molar-refractivity contribution in [3.8, 4) is 10.7 Å². The molecule has 1 fully saturated rings. The molecule has 7 heteroatoms. The topological polar surface area (TPSA) is 59.8 Å². The third-order valence-corrected chi connectivity index (χ3v) is 7.01. The molecule has 0 spiro atoms. The number of nitrogens with one attached hydrogen (secondary N) is 1. The Morgan fingerprint density at radius 3 is 2.69 bits per heavy atom. The number of aromatic nitrogens is 3. The summed E-state index contributed by atoms with van der Waals surface area (Å²) in [4.78, 5) is 13.4. The predicted molar refractivity (Wildman–Crippen MR) is 119 cm³/mol. The van der Waals surface area contributed by atoms with Crippen LogP contribution in [0.4, 0.5) is 0 Å². The monoisotopic (exact) mass is 426 g/mol. The highest BCUT2D eigenvalue weighted by Gasteiger charge is 2.18. The summed E-state index contributed by atoms with van der Waals surface area (Å²) in [5.41, 5.74) is 1.21. The van der Waals surface area contributed by atoms with Gasteiger partial charge in [-0.25, -0.2) is 0 Å². The number of nitrogens with zero attached hydrogens (tertiary/aromatic N) is 3. The Hall–Kier alpha value is -2.12. The number of carbonyl (C=O) groups is 1. The van der Waals surface area contributed by atoms with Crippen LogP contribution in [0.3, 0.4) is 0 Å². The highest BCUT2D eigenvalue weighted by atomic mass is 32.2. The molecule has 1 N–H and O–H groups in total. The minimum absolute atomic E-state index is 0.150. The van der Waals surface area contributed by atoms with Crippen molar-refractivity contribution in [1.29, 1.82) is 0 Å². The van der Waals surface area contributed by atoms with Gasteiger partial charge in [0, 0.05) is 18.2 Å². The van der Waals surface area contributed by atoms with Gasteiger partial charge in [0.1, 0.15) is 0 Å². The Morgan fingerprint density at radius 2 is 1.93 bits per heavy atom. The average Bonchev–Trinajstić information content (AvgIpc) is 3.40. The third kappa shape index (κ3) is 5.48. The second-order valence-electron chi connectivity index (χ2n) is 7.36. The molecule has 4 rings (SSSR count). The molecule has 1 aliphatic carbocycles. The first-order valence-electron chi connectivity index (χ1n) is 10.2. The molecule has 1 aliphatic rings. The summed E-state index contributed by atoms with van der Waals surface area (Å²) in [5, 5.41) is 15.0. The van der Waals surface area contributed by atoms with Crippen LogP contribution in [-0.4, -0.2) is 32.5 Å². The summed E-state index contributed by atoms with van der Waals surface area (Å²) >= 11 is 3.27. The highest BCUT2D eigenvalue weighted by molar-refractivity contribution is 7.99. The van der Waals surface area contributed by atoms with Crippen molar-refractivity contribution >= 4 is 29.0 Å². The van der Waals surface area contributed by atoms with Crippen molar-refractivity contribution in [1.82, 2.24) is 20.1 Å². The van der Waals surface area contributed by atoms with Crippen LogP contribution in [0.25, 0.3) is 10.7 Å². The molecular formula is C22H26N4OS2. The van der Waals surface area contributed by atoms with Gasteiger partial charge in [-0.15, -0.1) is 21.5 Å². The van der Waals surface area contributed by atoms with Gasteiger partial charge in [0.25, 0.3) is 0 Å². The lowest BCUT2D eigenvalue weighted by atomic mass is 9.95. The molecule has 1 saturated carbocycles. The lowest BCUT2D eigenvalue weighted by Gasteiger charge is -2.22. The summed E-state index contributed by atoms with van der Waals surface area (Å²) in [6, 6.07) is 14.8. The number of thioether (sulfide) groups is 1. The first-order chi connectivity index (χ1) is 14.3. The molecule has 0 aliphatic heterocycles. The Labute approximate surface area is 179 Å². The van der Waals surface area contributed by atoms with Crippen LogP contribution in [0.5, 0.6) is 0 Å². The van der Waals surface area contributed by atoms with Gasteiger partial charge in [-0.05, 0) is 29.9 Å². The van der Waals surface area contributed by atoms with Gasteiger partial charge >= 0.3 is 0 Å². The second-order valence-corrected chi connectivity index (χ2v) is 9.37. The molecule has 1 amide bonds. The van der Waals surface area contributed by atoms with Crippen molar-refractivity contribution < 1.29 is 4.79 Å². The van der Waals surface area contributed by atoms with Crippen molar-refractivity contribution in [2.24, 2.45) is 0 Å². The fourth-order valence-corrected chi connectivity index (χ4v) is 5.27. The standard InChI is InChI=1S/C22H26N4OS2/c27-20(23-18-10-5-2-6-11-18)13-15-29-22-25-24-21(19-12-7-14-28-19)26(22)16-17-8-3-1-4-9-17/h1,3-4,7-9,12,14,18H,2,5-6,10-11,13,15-16H2,(H,23,27). The zero-order valence-corrected chi connectivity index (χ0v) is 18.1. The van der Waals surface area contributed by atoms with E-state index in [1.165, 1.54) is 24.8 Å². The number of hydrogen-bond donors (Lipinski definition) is 1. The number of thiophene rings is 1. The van der Waals surface area contributed by atoms with Crippen molar-refractivity contribution in [3.63, 3.8) is 0 Å². The van der Waals surface area contributed by atoms with E-state index in [1.54, 1.807) is 23.1 Å². The predicted octanol–water partition coefficient (Wildman–Crippen LogP) is 4.99. The Balaban J connectivity index is 1.40. The molecule has 2 aromatic heterocycles. The third-order valence-electron chi connectivity index (χ3n) is 5.17. The Bertz CT molecular complexity index is 902. The minimum Gasteiger partial charge on any atom is -0.353 e. The fourth-order valence-electron chi connectivity index (χ4n) is 3.67. The maximum atomic E-state index is 12.3. The first kappa shape index (κ1) is 20.2. The second kappa shape index (κ2) is 10.1. The van der Waals surface area contributed by atoms with Crippen LogP contribution in [0.2, 0.25) is 0 Å². The number of hydrogen-bond acceptors (Lipinski definition) is 5. The minimum atomic E-state index is 0.150. The largest absolute Gasteiger partial charge is 0.353 e. The van der Waals surface area contributed by atoms with Gasteiger partial charge < -0.3 is 5.32 Å². The zero-order chi connectivity index (χ0) is 19.9. The van der Waals surface area contributed by atoms with Gasteiger partial charge in [-0.2, -0.15) is 0 Å². The smallest absolute Gasteiger partial charge is 0.221 e. The number of rotatable bonds is 8. The van der Waals surface area contributed by atoms with Crippen LogP contribution in [0.15, 0.2) is 53.0 Å². The molecule has 5 nitrogen and oxygen atoms in total. The molecule has 0 unspecified atom stereocenters. The maximum Gasteiger partial charge on any atom is 0.221 e. The molecule has 1 aromatic carbocycles. The van der Waals surface area contributed by atoms with E-state index >= 15 is 0 Å². The van der Waals surface area contributed by atoms with Gasteiger partial charge in [-0.1, -0.05) is 67.4 Å². The van der Waals surface area contributed by atoms with Crippen molar-refractivity contribution in [3.05, 3.63) is 53.4 Å². The normalized spacial score (nSPS) is 14.8. The summed E-state index contributed by atoms with van der Waals surface area (Å²) in [7, 11) is 0. The molecule has 152 valence electrons. The van der Waals surface area contributed by atoms with E-state index in [0.29, 0.717) is 18.2 Å². The Morgan fingerprint density at radius 1 is 1.10 bits per heavy atom. The molecule has 0 radical (unpaired) electrons. The lowest BCUT2D eigenvalue weighted by molar-refractivity contribution is -0.121. The van der Waals surface area contributed by atoms with Crippen molar-refractivity contribution in [2.75, 3.05) is 5.75 Å². The van der Waals surface area contributed by atoms with Gasteiger partial charge in [-0.3, -0.25) is 9.36 Å². The average molecular weight is 427 g/mol. The summed E-state index contributed by atoms with van der Waals surface area (Å²) in [6.07, 6.45) is 6.50. The van der Waals surface area contributed by atoms with Crippen LogP contribution in [-0.2, 0) is 11.3 Å². The van der Waals surface area contributed by atoms with Gasteiger partial charge in [0.05, 0.1) is 11.4 Å². The summed E-state index contributed by atoms with van der Waals surface area (Å²) in [5.74, 6) is 1.74. The molecule has 0 saturated heterocycles. The zero-order valence-electron chi connectivity index (χ0n) is 16.4. The van der Waals surface area contributed by atoms with Crippen molar-refractivity contribution in [2.45, 2.75) is 56.3 Å². The van der Waals surface area contributed by atoms with E-state index in [1.807, 2.05) is 24.3 Å². The van der Waals surface area contributed by atoms with E-state index in [-0.39, 0.29) is 5.91 Å². The van der Waals surface area contributed by atoms with E-state index in [0.717, 1.165) is 35.2 Å². The van der Waals surface area contributed by atoms with E-state index in [2.05, 4.69) is 43.7 Å². The number of carbonyl (C=O) groups excluding carboxylic acids is 1. The van der Waals surface area contributed by atoms with E-state index < -0.39 is 0 Å². The highest BCUT2D eigenvalue weighted by Crippen LogP contribution is 2.28. The molecule has 2 heterocycles. The first-order valence-corrected chi connectivity index (χ1v) is 12.1. The summed E-state index contributed by atoms with van der Waals surface area (Å²) < 4.78 is 2.16. The van der Waals surface area contributed by atoms with Crippen LogP contribution in [0, 0.1) is 0 Å². The van der Waals surface area contributed by atoms with Gasteiger partial charge in [0.15, 0.2) is 11.0 Å². The number of amides is 1. The fraction of sp³-hybridized carbons (Fsp3) is 0.409. The molecule has 0 bridgehead atoms. The molecule has 3 aromatic rings.